The molecule has 0 amide bonds. The van der Waals surface area contributed by atoms with Gasteiger partial charge in [0, 0.05) is 24.3 Å². The summed E-state index contributed by atoms with van der Waals surface area (Å²) in [4.78, 5) is 20.7. The molecule has 1 fully saturated rings. The van der Waals surface area contributed by atoms with Gasteiger partial charge >= 0.3 is 0 Å². The molecule has 2 atom stereocenters. The van der Waals surface area contributed by atoms with Gasteiger partial charge < -0.3 is 10.6 Å². The van der Waals surface area contributed by atoms with Crippen LogP contribution >= 0.6 is 0 Å². The second kappa shape index (κ2) is 7.53. The minimum absolute atomic E-state index is 0.0717. The molecule has 0 bridgehead atoms. The topological polar surface area (TPSA) is 97.6 Å². The molecule has 4 rings (SSSR count). The summed E-state index contributed by atoms with van der Waals surface area (Å²) in [6.07, 6.45) is 8.12. The zero-order valence-electron chi connectivity index (χ0n) is 15.0. The summed E-state index contributed by atoms with van der Waals surface area (Å²) in [5, 5.41) is 14.8. The number of hydrogen-bond acceptors (Lipinski definition) is 7. The van der Waals surface area contributed by atoms with Crippen molar-refractivity contribution in [2.45, 2.75) is 38.3 Å². The largest absolute Gasteiger partial charge is 0.367 e. The van der Waals surface area contributed by atoms with Crippen molar-refractivity contribution in [2.24, 2.45) is 0 Å². The standard InChI is InChI=1S/C19H21N7O/c1-13-11-21-25-19(22-13)24-15-6-5-14(10-15)23-17-8-7-16(12-20-17)26-9-3-2-4-18(26)27/h2-4,7-9,11-12,14-15H,5-6,10H2,1H3,(H,20,23)(H,22,24,25)/t14-,15-/m0/s1. The maximum atomic E-state index is 11.9. The summed E-state index contributed by atoms with van der Waals surface area (Å²) in [6.45, 7) is 1.90. The number of nitrogens with zero attached hydrogens (tertiary/aromatic N) is 5. The van der Waals surface area contributed by atoms with E-state index < -0.39 is 0 Å². The van der Waals surface area contributed by atoms with Crippen molar-refractivity contribution >= 4 is 11.8 Å². The highest BCUT2D eigenvalue weighted by molar-refractivity contribution is 5.42. The summed E-state index contributed by atoms with van der Waals surface area (Å²) in [6, 6.07) is 9.53. The van der Waals surface area contributed by atoms with E-state index in [-0.39, 0.29) is 5.56 Å². The van der Waals surface area contributed by atoms with Crippen molar-refractivity contribution < 1.29 is 0 Å². The Balaban J connectivity index is 1.36. The van der Waals surface area contributed by atoms with Gasteiger partial charge in [0.25, 0.3) is 5.56 Å². The third kappa shape index (κ3) is 4.11. The van der Waals surface area contributed by atoms with Gasteiger partial charge in [-0.25, -0.2) is 9.97 Å². The van der Waals surface area contributed by atoms with Crippen LogP contribution in [0.15, 0.2) is 53.7 Å². The molecule has 3 heterocycles. The molecule has 0 spiro atoms. The minimum atomic E-state index is -0.0717. The first-order valence-electron chi connectivity index (χ1n) is 9.01. The molecule has 27 heavy (non-hydrogen) atoms. The van der Waals surface area contributed by atoms with E-state index in [4.69, 9.17) is 0 Å². The van der Waals surface area contributed by atoms with Gasteiger partial charge in [0.2, 0.25) is 5.95 Å². The van der Waals surface area contributed by atoms with E-state index >= 15 is 0 Å². The fraction of sp³-hybridized carbons (Fsp3) is 0.316. The number of pyridine rings is 2. The van der Waals surface area contributed by atoms with Crippen molar-refractivity contribution in [3.05, 3.63) is 65.0 Å². The van der Waals surface area contributed by atoms with Crippen LogP contribution in [-0.2, 0) is 0 Å². The van der Waals surface area contributed by atoms with Gasteiger partial charge in [-0.1, -0.05) is 6.07 Å². The highest BCUT2D eigenvalue weighted by atomic mass is 16.1. The van der Waals surface area contributed by atoms with E-state index in [1.54, 1.807) is 29.2 Å². The summed E-state index contributed by atoms with van der Waals surface area (Å²) in [5.41, 5.74) is 1.53. The van der Waals surface area contributed by atoms with E-state index in [2.05, 4.69) is 30.8 Å². The Kier molecular flexibility index (Phi) is 4.78. The zero-order valence-corrected chi connectivity index (χ0v) is 15.0. The third-order valence-electron chi connectivity index (χ3n) is 4.65. The molecule has 8 nitrogen and oxygen atoms in total. The van der Waals surface area contributed by atoms with Crippen LogP contribution in [0, 0.1) is 6.92 Å². The van der Waals surface area contributed by atoms with Crippen LogP contribution in [0.4, 0.5) is 11.8 Å². The van der Waals surface area contributed by atoms with Gasteiger partial charge in [0.05, 0.1) is 23.8 Å². The number of anilines is 2. The normalized spacial score (nSPS) is 19.0. The van der Waals surface area contributed by atoms with Gasteiger partial charge in [-0.3, -0.25) is 9.36 Å². The lowest BCUT2D eigenvalue weighted by atomic mass is 10.2. The van der Waals surface area contributed by atoms with Crippen molar-refractivity contribution in [3.63, 3.8) is 0 Å². The predicted octanol–water partition coefficient (Wildman–Crippen LogP) is 2.17. The number of nitrogens with one attached hydrogen (secondary N) is 2. The first-order chi connectivity index (χ1) is 13.2. The van der Waals surface area contributed by atoms with E-state index in [0.29, 0.717) is 18.0 Å². The Bertz CT molecular complexity index is 970. The molecule has 138 valence electrons. The molecule has 0 saturated heterocycles. The maximum Gasteiger partial charge on any atom is 0.255 e. The Morgan fingerprint density at radius 3 is 2.67 bits per heavy atom. The summed E-state index contributed by atoms with van der Waals surface area (Å²) in [5.74, 6) is 1.39. The summed E-state index contributed by atoms with van der Waals surface area (Å²) < 4.78 is 1.57. The molecular weight excluding hydrogens is 342 g/mol. The van der Waals surface area contributed by atoms with Crippen LogP contribution < -0.4 is 16.2 Å². The first kappa shape index (κ1) is 17.1. The molecule has 1 saturated carbocycles. The van der Waals surface area contributed by atoms with Gasteiger partial charge in [0.15, 0.2) is 0 Å². The molecule has 0 aliphatic heterocycles. The van der Waals surface area contributed by atoms with Crippen LogP contribution in [0.3, 0.4) is 0 Å². The molecule has 0 aromatic carbocycles. The highest BCUT2D eigenvalue weighted by Gasteiger charge is 2.25. The van der Waals surface area contributed by atoms with Crippen molar-refractivity contribution in [1.29, 1.82) is 0 Å². The van der Waals surface area contributed by atoms with Gasteiger partial charge in [0.1, 0.15) is 5.82 Å². The Labute approximate surface area is 156 Å². The van der Waals surface area contributed by atoms with E-state index in [1.165, 1.54) is 6.07 Å². The van der Waals surface area contributed by atoms with Crippen molar-refractivity contribution in [3.8, 4) is 5.69 Å². The Morgan fingerprint density at radius 2 is 1.93 bits per heavy atom. The number of hydrogen-bond donors (Lipinski definition) is 2. The van der Waals surface area contributed by atoms with Crippen molar-refractivity contribution in [1.82, 2.24) is 24.7 Å². The lowest BCUT2D eigenvalue weighted by Gasteiger charge is -2.15. The minimum Gasteiger partial charge on any atom is -0.367 e. The molecule has 0 radical (unpaired) electrons. The highest BCUT2D eigenvalue weighted by Crippen LogP contribution is 2.24. The second-order valence-electron chi connectivity index (χ2n) is 6.73. The molecule has 1 aliphatic rings. The van der Waals surface area contributed by atoms with Gasteiger partial charge in [-0.05, 0) is 44.4 Å². The average Bonchev–Trinajstić information content (AvgIpc) is 3.10. The number of aromatic nitrogens is 5. The van der Waals surface area contributed by atoms with E-state index in [0.717, 1.165) is 36.5 Å². The molecule has 2 N–H and O–H groups in total. The fourth-order valence-corrected chi connectivity index (χ4v) is 3.34. The van der Waals surface area contributed by atoms with Crippen LogP contribution in [0.25, 0.3) is 5.69 Å². The smallest absolute Gasteiger partial charge is 0.255 e. The quantitative estimate of drug-likeness (QED) is 0.717. The van der Waals surface area contributed by atoms with Crippen LogP contribution in [0.1, 0.15) is 25.0 Å². The monoisotopic (exact) mass is 363 g/mol. The second-order valence-corrected chi connectivity index (χ2v) is 6.73. The average molecular weight is 363 g/mol. The summed E-state index contributed by atoms with van der Waals surface area (Å²) >= 11 is 0. The Hall–Kier alpha value is -3.29. The van der Waals surface area contributed by atoms with Gasteiger partial charge in [-0.2, -0.15) is 5.10 Å². The lowest BCUT2D eigenvalue weighted by molar-refractivity contribution is 0.712. The Morgan fingerprint density at radius 1 is 1.07 bits per heavy atom. The molecule has 0 unspecified atom stereocenters. The molecular formula is C19H21N7O. The van der Waals surface area contributed by atoms with Crippen molar-refractivity contribution in [2.75, 3.05) is 10.6 Å². The molecule has 3 aromatic heterocycles. The van der Waals surface area contributed by atoms with Gasteiger partial charge in [-0.15, -0.1) is 5.10 Å². The van der Waals surface area contributed by atoms with E-state index in [1.807, 2.05) is 25.1 Å². The molecule has 3 aromatic rings. The fourth-order valence-electron chi connectivity index (χ4n) is 3.34. The lowest BCUT2D eigenvalue weighted by Crippen LogP contribution is -2.22. The first-order valence-corrected chi connectivity index (χ1v) is 9.01. The predicted molar refractivity (Wildman–Crippen MR) is 103 cm³/mol. The molecule has 1 aliphatic carbocycles. The maximum absolute atomic E-state index is 11.9. The number of aryl methyl sites for hydroxylation is 1. The third-order valence-corrected chi connectivity index (χ3v) is 4.65. The molecule has 8 heteroatoms. The SMILES string of the molecule is Cc1cnnc(N[C@H]2CC[C@H](Nc3ccc(-n4ccccc4=O)cn3)C2)n1. The van der Waals surface area contributed by atoms with E-state index in [9.17, 15) is 4.79 Å². The summed E-state index contributed by atoms with van der Waals surface area (Å²) in [7, 11) is 0. The zero-order chi connectivity index (χ0) is 18.6. The number of rotatable bonds is 5. The van der Waals surface area contributed by atoms with Crippen LogP contribution in [0.2, 0.25) is 0 Å². The van der Waals surface area contributed by atoms with Crippen LogP contribution in [0.5, 0.6) is 0 Å². The van der Waals surface area contributed by atoms with Crippen LogP contribution in [-0.4, -0.2) is 36.8 Å².